The first-order chi connectivity index (χ1) is 8.58. The molecule has 0 amide bonds. The molecule has 0 radical (unpaired) electrons. The molecule has 0 fully saturated rings. The fraction of sp³-hybridized carbons (Fsp3) is 0.143. The lowest BCUT2D eigenvalue weighted by molar-refractivity contribution is 0.199. The first-order valence-electron chi connectivity index (χ1n) is 5.48. The summed E-state index contributed by atoms with van der Waals surface area (Å²) < 4.78 is 19.6. The zero-order valence-corrected chi connectivity index (χ0v) is 11.3. The molecule has 0 aliphatic rings. The van der Waals surface area contributed by atoms with E-state index in [1.165, 1.54) is 6.07 Å². The van der Waals surface area contributed by atoms with Crippen molar-refractivity contribution in [3.8, 4) is 11.5 Å². The molecule has 1 unspecified atom stereocenters. The summed E-state index contributed by atoms with van der Waals surface area (Å²) in [7, 11) is 0. The molecule has 0 aliphatic heterocycles. The first kappa shape index (κ1) is 13.1. The monoisotopic (exact) mass is 310 g/mol. The first-order valence-corrected chi connectivity index (χ1v) is 6.27. The molecule has 0 heterocycles. The second kappa shape index (κ2) is 5.50. The fourth-order valence-corrected chi connectivity index (χ4v) is 1.98. The van der Waals surface area contributed by atoms with E-state index < -0.39 is 11.9 Å². The molecule has 0 aliphatic carbocycles. The van der Waals surface area contributed by atoms with Crippen LogP contribution in [0, 0.1) is 5.82 Å². The summed E-state index contributed by atoms with van der Waals surface area (Å²) in [6.07, 6.45) is -0.552. The Hall–Kier alpha value is -1.39. The van der Waals surface area contributed by atoms with Gasteiger partial charge in [-0.3, -0.25) is 0 Å². The van der Waals surface area contributed by atoms with Gasteiger partial charge in [-0.05, 0) is 52.7 Å². The van der Waals surface area contributed by atoms with Gasteiger partial charge in [-0.2, -0.15) is 0 Å². The van der Waals surface area contributed by atoms with Crippen LogP contribution in [0.2, 0.25) is 0 Å². The summed E-state index contributed by atoms with van der Waals surface area (Å²) in [6, 6.07) is 11.4. The summed E-state index contributed by atoms with van der Waals surface area (Å²) in [6.45, 7) is 1.68. The van der Waals surface area contributed by atoms with E-state index in [1.54, 1.807) is 43.3 Å². The quantitative estimate of drug-likeness (QED) is 0.908. The summed E-state index contributed by atoms with van der Waals surface area (Å²) in [4.78, 5) is 0. The Labute approximate surface area is 113 Å². The smallest absolute Gasteiger partial charge is 0.165 e. The normalized spacial score (nSPS) is 12.2. The van der Waals surface area contributed by atoms with Crippen LogP contribution >= 0.6 is 15.9 Å². The SMILES string of the molecule is CC(O)c1ccc(Oc2ccccc2F)c(Br)c1. The van der Waals surface area contributed by atoms with Crippen LogP contribution in [0.1, 0.15) is 18.6 Å². The van der Waals surface area contributed by atoms with Crippen molar-refractivity contribution in [1.29, 1.82) is 0 Å². The molecular weight excluding hydrogens is 299 g/mol. The molecular formula is C14H12BrFO2. The third-order valence-corrected chi connectivity index (χ3v) is 3.11. The minimum Gasteiger partial charge on any atom is -0.453 e. The number of halogens is 2. The lowest BCUT2D eigenvalue weighted by atomic mass is 10.1. The van der Waals surface area contributed by atoms with E-state index in [1.807, 2.05) is 0 Å². The number of rotatable bonds is 3. The predicted octanol–water partition coefficient (Wildman–Crippen LogP) is 4.43. The lowest BCUT2D eigenvalue weighted by Gasteiger charge is -2.11. The van der Waals surface area contributed by atoms with Crippen molar-refractivity contribution in [3.05, 3.63) is 58.3 Å². The highest BCUT2D eigenvalue weighted by Gasteiger charge is 2.09. The highest BCUT2D eigenvalue weighted by molar-refractivity contribution is 9.10. The molecule has 4 heteroatoms. The van der Waals surface area contributed by atoms with E-state index in [0.717, 1.165) is 5.56 Å². The average Bonchev–Trinajstić information content (AvgIpc) is 2.34. The zero-order chi connectivity index (χ0) is 13.1. The minimum atomic E-state index is -0.552. The summed E-state index contributed by atoms with van der Waals surface area (Å²) in [5.74, 6) is 0.261. The van der Waals surface area contributed by atoms with Crippen LogP contribution in [-0.4, -0.2) is 5.11 Å². The van der Waals surface area contributed by atoms with Crippen molar-refractivity contribution < 1.29 is 14.2 Å². The van der Waals surface area contributed by atoms with Crippen LogP contribution in [0.4, 0.5) is 4.39 Å². The van der Waals surface area contributed by atoms with E-state index in [9.17, 15) is 9.50 Å². The third-order valence-electron chi connectivity index (χ3n) is 2.49. The Morgan fingerprint density at radius 3 is 2.50 bits per heavy atom. The van der Waals surface area contributed by atoms with Crippen LogP contribution in [0.5, 0.6) is 11.5 Å². The Balaban J connectivity index is 2.28. The second-order valence-electron chi connectivity index (χ2n) is 3.90. The fourth-order valence-electron chi connectivity index (χ4n) is 1.51. The zero-order valence-electron chi connectivity index (χ0n) is 9.73. The largest absolute Gasteiger partial charge is 0.453 e. The van der Waals surface area contributed by atoms with Crippen molar-refractivity contribution in [2.75, 3.05) is 0 Å². The average molecular weight is 311 g/mol. The Kier molecular flexibility index (Phi) is 3.99. The van der Waals surface area contributed by atoms with Gasteiger partial charge in [0.1, 0.15) is 5.75 Å². The number of ether oxygens (including phenoxy) is 1. The Morgan fingerprint density at radius 2 is 1.89 bits per heavy atom. The third kappa shape index (κ3) is 2.89. The van der Waals surface area contributed by atoms with Crippen molar-refractivity contribution in [3.63, 3.8) is 0 Å². The maximum absolute atomic E-state index is 13.4. The summed E-state index contributed by atoms with van der Waals surface area (Å²) in [5, 5.41) is 9.45. The molecule has 0 saturated heterocycles. The van der Waals surface area contributed by atoms with Crippen LogP contribution in [0.15, 0.2) is 46.9 Å². The van der Waals surface area contributed by atoms with Gasteiger partial charge in [-0.15, -0.1) is 0 Å². The molecule has 0 spiro atoms. The van der Waals surface area contributed by atoms with Gasteiger partial charge in [0.05, 0.1) is 10.6 Å². The van der Waals surface area contributed by atoms with Gasteiger partial charge in [-0.25, -0.2) is 4.39 Å². The number of aliphatic hydroxyl groups excluding tert-OH is 1. The minimum absolute atomic E-state index is 0.169. The highest BCUT2D eigenvalue weighted by Crippen LogP contribution is 2.32. The molecule has 2 nitrogen and oxygen atoms in total. The lowest BCUT2D eigenvalue weighted by Crippen LogP contribution is -1.93. The highest BCUT2D eigenvalue weighted by atomic mass is 79.9. The molecule has 1 N–H and O–H groups in total. The molecule has 0 bridgehead atoms. The summed E-state index contributed by atoms with van der Waals surface area (Å²) in [5.41, 5.74) is 0.766. The molecule has 0 saturated carbocycles. The number of benzene rings is 2. The van der Waals surface area contributed by atoms with Crippen molar-refractivity contribution in [2.45, 2.75) is 13.0 Å². The number of hydrogen-bond donors (Lipinski definition) is 1. The Morgan fingerprint density at radius 1 is 1.17 bits per heavy atom. The predicted molar refractivity (Wildman–Crippen MR) is 71.2 cm³/mol. The Bertz CT molecular complexity index is 555. The van der Waals surface area contributed by atoms with E-state index in [4.69, 9.17) is 4.74 Å². The van der Waals surface area contributed by atoms with Crippen molar-refractivity contribution in [2.24, 2.45) is 0 Å². The van der Waals surface area contributed by atoms with Gasteiger partial charge >= 0.3 is 0 Å². The number of aliphatic hydroxyl groups is 1. The number of hydrogen-bond acceptors (Lipinski definition) is 2. The van der Waals surface area contributed by atoms with Gasteiger partial charge in [0.2, 0.25) is 0 Å². The van der Waals surface area contributed by atoms with E-state index in [-0.39, 0.29) is 5.75 Å². The van der Waals surface area contributed by atoms with E-state index >= 15 is 0 Å². The molecule has 2 rings (SSSR count). The molecule has 18 heavy (non-hydrogen) atoms. The molecule has 2 aromatic carbocycles. The van der Waals surface area contributed by atoms with E-state index in [2.05, 4.69) is 15.9 Å². The topological polar surface area (TPSA) is 29.5 Å². The summed E-state index contributed by atoms with van der Waals surface area (Å²) >= 11 is 3.34. The molecule has 2 aromatic rings. The van der Waals surface area contributed by atoms with Crippen molar-refractivity contribution >= 4 is 15.9 Å². The van der Waals surface area contributed by atoms with Crippen LogP contribution in [-0.2, 0) is 0 Å². The number of para-hydroxylation sites is 1. The van der Waals surface area contributed by atoms with Crippen molar-refractivity contribution in [1.82, 2.24) is 0 Å². The van der Waals surface area contributed by atoms with Gasteiger partial charge in [0, 0.05) is 0 Å². The second-order valence-corrected chi connectivity index (χ2v) is 4.75. The van der Waals surface area contributed by atoms with Gasteiger partial charge < -0.3 is 9.84 Å². The van der Waals surface area contributed by atoms with Crippen LogP contribution in [0.25, 0.3) is 0 Å². The maximum atomic E-state index is 13.4. The molecule has 94 valence electrons. The van der Waals surface area contributed by atoms with Gasteiger partial charge in [-0.1, -0.05) is 18.2 Å². The standard InChI is InChI=1S/C14H12BrFO2/c1-9(17)10-6-7-13(11(15)8-10)18-14-5-3-2-4-12(14)16/h2-9,17H,1H3. The maximum Gasteiger partial charge on any atom is 0.165 e. The van der Waals surface area contributed by atoms with Crippen LogP contribution < -0.4 is 4.74 Å². The van der Waals surface area contributed by atoms with Gasteiger partial charge in [0.25, 0.3) is 0 Å². The van der Waals surface area contributed by atoms with E-state index in [0.29, 0.717) is 10.2 Å². The molecule has 0 aromatic heterocycles. The van der Waals surface area contributed by atoms with Crippen LogP contribution in [0.3, 0.4) is 0 Å². The molecule has 1 atom stereocenters. The van der Waals surface area contributed by atoms with Gasteiger partial charge in [0.15, 0.2) is 11.6 Å².